The molecule has 1 atom stereocenters. The highest BCUT2D eigenvalue weighted by atomic mass is 32.2. The summed E-state index contributed by atoms with van der Waals surface area (Å²) in [7, 11) is -6.20. The summed E-state index contributed by atoms with van der Waals surface area (Å²) in [4.78, 5) is 0.786. The van der Waals surface area contributed by atoms with E-state index >= 15 is 0 Å². The topological polar surface area (TPSA) is 89.5 Å². The minimum atomic E-state index is -3.91. The first-order valence-corrected chi connectivity index (χ1v) is 13.0. The minimum Gasteiger partial charge on any atom is -0.496 e. The van der Waals surface area contributed by atoms with Crippen molar-refractivity contribution in [3.8, 4) is 5.75 Å². The number of hydrogen-bond donors (Lipinski definition) is 1. The Labute approximate surface area is 181 Å². The average molecular weight is 466 g/mol. The van der Waals surface area contributed by atoms with E-state index in [1.54, 1.807) is 54.8 Å². The highest BCUT2D eigenvalue weighted by Gasteiger charge is 2.31. The van der Waals surface area contributed by atoms with Gasteiger partial charge in [-0.3, -0.25) is 0 Å². The van der Waals surface area contributed by atoms with Crippen molar-refractivity contribution in [3.05, 3.63) is 76.0 Å². The van der Waals surface area contributed by atoms with Crippen LogP contribution in [0.15, 0.2) is 69.8 Å². The zero-order valence-electron chi connectivity index (χ0n) is 16.8. The second kappa shape index (κ2) is 8.89. The molecule has 1 heterocycles. The molecule has 0 saturated carbocycles. The van der Waals surface area contributed by atoms with Gasteiger partial charge in [0.15, 0.2) is 9.84 Å². The van der Waals surface area contributed by atoms with Gasteiger partial charge in [0, 0.05) is 11.4 Å². The molecule has 0 fully saturated rings. The number of rotatable bonds is 8. The number of thiophene rings is 1. The smallest absolute Gasteiger partial charge is 0.240 e. The second-order valence-electron chi connectivity index (χ2n) is 6.85. The molecule has 0 amide bonds. The van der Waals surface area contributed by atoms with Crippen LogP contribution >= 0.6 is 11.3 Å². The van der Waals surface area contributed by atoms with Crippen LogP contribution in [0.4, 0.5) is 0 Å². The van der Waals surface area contributed by atoms with Gasteiger partial charge in [0.1, 0.15) is 11.0 Å². The number of methoxy groups -OCH3 is 1. The van der Waals surface area contributed by atoms with Gasteiger partial charge in [0.2, 0.25) is 10.0 Å². The van der Waals surface area contributed by atoms with Gasteiger partial charge in [-0.1, -0.05) is 23.8 Å². The van der Waals surface area contributed by atoms with E-state index in [2.05, 4.69) is 4.72 Å². The Kier molecular flexibility index (Phi) is 6.66. The van der Waals surface area contributed by atoms with E-state index in [1.165, 1.54) is 30.6 Å². The molecule has 6 nitrogen and oxygen atoms in total. The van der Waals surface area contributed by atoms with Crippen molar-refractivity contribution < 1.29 is 21.6 Å². The third kappa shape index (κ3) is 4.75. The number of hydrogen-bond acceptors (Lipinski definition) is 6. The molecule has 1 aromatic heterocycles. The predicted octanol–water partition coefficient (Wildman–Crippen LogP) is 3.87. The fourth-order valence-electron chi connectivity index (χ4n) is 3.02. The van der Waals surface area contributed by atoms with Crippen molar-refractivity contribution in [1.82, 2.24) is 4.72 Å². The number of benzene rings is 2. The van der Waals surface area contributed by atoms with Crippen molar-refractivity contribution in [1.29, 1.82) is 0 Å². The molecule has 1 N–H and O–H groups in total. The minimum absolute atomic E-state index is 0.0541. The molecule has 0 radical (unpaired) electrons. The molecule has 30 heavy (non-hydrogen) atoms. The van der Waals surface area contributed by atoms with Gasteiger partial charge in [0.05, 0.1) is 16.9 Å². The van der Waals surface area contributed by atoms with Crippen LogP contribution in [-0.4, -0.2) is 30.5 Å². The lowest BCUT2D eigenvalue weighted by Crippen LogP contribution is -2.31. The van der Waals surface area contributed by atoms with Gasteiger partial charge >= 0.3 is 0 Å². The Bertz CT molecular complexity index is 1220. The Morgan fingerprint density at radius 2 is 1.63 bits per heavy atom. The van der Waals surface area contributed by atoms with Gasteiger partial charge in [-0.25, -0.2) is 21.6 Å². The quantitative estimate of drug-likeness (QED) is 0.546. The fourth-order valence-corrected chi connectivity index (χ4v) is 7.04. The standard InChI is InChI=1S/C21H23NO5S3/c1-15-6-8-17(9-7-15)29(23,24)21(20-5-4-12-28-20)14-22-30(25,26)18-10-11-19(27-3)16(2)13-18/h4-13,21-22H,14H2,1-3H3/t21-/m1/s1. The van der Waals surface area contributed by atoms with Crippen LogP contribution in [0.2, 0.25) is 0 Å². The third-order valence-electron chi connectivity index (χ3n) is 4.72. The summed E-state index contributed by atoms with van der Waals surface area (Å²) in [6, 6.07) is 14.5. The van der Waals surface area contributed by atoms with Crippen molar-refractivity contribution >= 4 is 31.2 Å². The van der Waals surface area contributed by atoms with Crippen LogP contribution in [-0.2, 0) is 19.9 Å². The fraction of sp³-hybridized carbons (Fsp3) is 0.238. The zero-order chi connectivity index (χ0) is 21.9. The maximum atomic E-state index is 13.3. The highest BCUT2D eigenvalue weighted by Crippen LogP contribution is 2.32. The van der Waals surface area contributed by atoms with Crippen LogP contribution in [0.1, 0.15) is 21.3 Å². The third-order valence-corrected chi connectivity index (χ3v) is 9.38. The van der Waals surface area contributed by atoms with Gasteiger partial charge in [-0.2, -0.15) is 0 Å². The lowest BCUT2D eigenvalue weighted by molar-refractivity contribution is 0.411. The molecule has 0 saturated heterocycles. The SMILES string of the molecule is COc1ccc(S(=O)(=O)NC[C@H](c2cccs2)S(=O)(=O)c2ccc(C)cc2)cc1C. The number of ether oxygens (including phenoxy) is 1. The van der Waals surface area contributed by atoms with Gasteiger partial charge < -0.3 is 4.74 Å². The van der Waals surface area contributed by atoms with E-state index in [0.717, 1.165) is 5.56 Å². The molecular formula is C21H23NO5S3. The molecule has 2 aromatic carbocycles. The molecule has 0 aliphatic carbocycles. The molecule has 3 rings (SSSR count). The van der Waals surface area contributed by atoms with Gasteiger partial charge in [0.25, 0.3) is 0 Å². The molecule has 0 unspecified atom stereocenters. The summed E-state index contributed by atoms with van der Waals surface area (Å²) in [6.07, 6.45) is 0. The first kappa shape index (κ1) is 22.5. The molecule has 0 spiro atoms. The summed E-state index contributed by atoms with van der Waals surface area (Å²) < 4.78 is 59.9. The maximum Gasteiger partial charge on any atom is 0.240 e. The molecular weight excluding hydrogens is 442 g/mol. The number of nitrogens with one attached hydrogen (secondary N) is 1. The Hall–Kier alpha value is -2.20. The maximum absolute atomic E-state index is 13.3. The monoisotopic (exact) mass is 465 g/mol. The molecule has 9 heteroatoms. The molecule has 0 aliphatic heterocycles. The second-order valence-corrected chi connectivity index (χ2v) is 11.7. The van der Waals surface area contributed by atoms with Crippen LogP contribution in [0, 0.1) is 13.8 Å². The predicted molar refractivity (Wildman–Crippen MR) is 118 cm³/mol. The summed E-state index contributed by atoms with van der Waals surface area (Å²) in [5.41, 5.74) is 1.61. The Balaban J connectivity index is 1.91. The zero-order valence-corrected chi connectivity index (χ0v) is 19.3. The van der Waals surface area contributed by atoms with Crippen molar-refractivity contribution in [2.24, 2.45) is 0 Å². The van der Waals surface area contributed by atoms with Crippen molar-refractivity contribution in [3.63, 3.8) is 0 Å². The van der Waals surface area contributed by atoms with E-state index in [0.29, 0.717) is 16.2 Å². The van der Waals surface area contributed by atoms with E-state index in [-0.39, 0.29) is 16.3 Å². The Morgan fingerprint density at radius 3 is 2.20 bits per heavy atom. The number of sulfonamides is 1. The normalized spacial score (nSPS) is 13.2. The lowest BCUT2D eigenvalue weighted by Gasteiger charge is -2.18. The largest absolute Gasteiger partial charge is 0.496 e. The van der Waals surface area contributed by atoms with Crippen molar-refractivity contribution in [2.45, 2.75) is 28.9 Å². The van der Waals surface area contributed by atoms with Gasteiger partial charge in [-0.05, 0) is 61.2 Å². The van der Waals surface area contributed by atoms with E-state index < -0.39 is 25.1 Å². The van der Waals surface area contributed by atoms with Crippen molar-refractivity contribution in [2.75, 3.05) is 13.7 Å². The van der Waals surface area contributed by atoms with Gasteiger partial charge in [-0.15, -0.1) is 11.3 Å². The summed E-state index contributed by atoms with van der Waals surface area (Å²) in [5.74, 6) is 0.576. The van der Waals surface area contributed by atoms with Crippen LogP contribution in [0.5, 0.6) is 5.75 Å². The first-order chi connectivity index (χ1) is 14.1. The highest BCUT2D eigenvalue weighted by molar-refractivity contribution is 7.92. The first-order valence-electron chi connectivity index (χ1n) is 9.13. The van der Waals surface area contributed by atoms with E-state index in [4.69, 9.17) is 4.74 Å². The van der Waals surface area contributed by atoms with E-state index in [9.17, 15) is 16.8 Å². The number of sulfone groups is 1. The van der Waals surface area contributed by atoms with Crippen LogP contribution in [0.3, 0.4) is 0 Å². The molecule has 0 bridgehead atoms. The molecule has 160 valence electrons. The van der Waals surface area contributed by atoms with Crippen LogP contribution < -0.4 is 9.46 Å². The number of aryl methyl sites for hydroxylation is 2. The Morgan fingerprint density at radius 1 is 0.967 bits per heavy atom. The van der Waals surface area contributed by atoms with Crippen LogP contribution in [0.25, 0.3) is 0 Å². The summed E-state index contributed by atoms with van der Waals surface area (Å²) in [6.45, 7) is 3.34. The molecule has 0 aliphatic rings. The molecule has 3 aromatic rings. The van der Waals surface area contributed by atoms with E-state index in [1.807, 2.05) is 6.92 Å². The average Bonchev–Trinajstić information content (AvgIpc) is 3.22. The summed E-state index contributed by atoms with van der Waals surface area (Å²) >= 11 is 1.28. The lowest BCUT2D eigenvalue weighted by atomic mass is 10.2. The summed E-state index contributed by atoms with van der Waals surface area (Å²) in [5, 5.41) is 0.739.